The predicted octanol–water partition coefficient (Wildman–Crippen LogP) is 3.15. The Labute approximate surface area is 102 Å². The van der Waals surface area contributed by atoms with E-state index in [1.807, 2.05) is 19.1 Å². The lowest BCUT2D eigenvalue weighted by atomic mass is 10.1. The molecule has 0 saturated carbocycles. The molecule has 3 nitrogen and oxygen atoms in total. The quantitative estimate of drug-likeness (QED) is 0.788. The largest absolute Gasteiger partial charge is 0.276 e. The average molecular weight is 253 g/mol. The molecule has 82 valence electrons. The fraction of sp³-hybridized carbons (Fsp3) is 0.182. The maximum Gasteiger partial charge on any atom is 0.252 e. The van der Waals surface area contributed by atoms with Gasteiger partial charge in [-0.25, -0.2) is 0 Å². The van der Waals surface area contributed by atoms with Crippen LogP contribution in [0, 0.1) is 0 Å². The van der Waals surface area contributed by atoms with E-state index in [-0.39, 0.29) is 0 Å². The van der Waals surface area contributed by atoms with Gasteiger partial charge in [0.05, 0.1) is 0 Å². The van der Waals surface area contributed by atoms with Crippen molar-refractivity contribution in [2.24, 2.45) is 0 Å². The Morgan fingerprint density at radius 2 is 2.00 bits per heavy atom. The minimum absolute atomic E-state index is 0.446. The van der Waals surface area contributed by atoms with Crippen LogP contribution in [-0.4, -0.2) is 15.4 Å². The SMILES string of the molecule is CCc1nnc(-c2ccc(C(=O)Cl)cc2)s1. The van der Waals surface area contributed by atoms with Crippen molar-refractivity contribution in [2.45, 2.75) is 13.3 Å². The van der Waals surface area contributed by atoms with Crippen LogP contribution in [0.25, 0.3) is 10.6 Å². The number of halogens is 1. The minimum Gasteiger partial charge on any atom is -0.276 e. The van der Waals surface area contributed by atoms with Crippen molar-refractivity contribution in [3.05, 3.63) is 34.8 Å². The molecule has 0 amide bonds. The molecule has 0 saturated heterocycles. The second-order valence-electron chi connectivity index (χ2n) is 3.21. The number of carbonyl (C=O) groups is 1. The Balaban J connectivity index is 2.30. The lowest BCUT2D eigenvalue weighted by molar-refractivity contribution is 0.108. The minimum atomic E-state index is -0.446. The van der Waals surface area contributed by atoms with Crippen LogP contribution in [0.3, 0.4) is 0 Å². The van der Waals surface area contributed by atoms with Crippen molar-refractivity contribution < 1.29 is 4.79 Å². The van der Waals surface area contributed by atoms with Gasteiger partial charge in [0, 0.05) is 11.1 Å². The first-order valence-electron chi connectivity index (χ1n) is 4.83. The van der Waals surface area contributed by atoms with Crippen LogP contribution < -0.4 is 0 Å². The number of benzene rings is 1. The summed E-state index contributed by atoms with van der Waals surface area (Å²) < 4.78 is 0. The molecule has 1 aromatic carbocycles. The topological polar surface area (TPSA) is 42.9 Å². The first kappa shape index (κ1) is 11.2. The molecular weight excluding hydrogens is 244 g/mol. The third kappa shape index (κ3) is 2.28. The number of aromatic nitrogens is 2. The monoisotopic (exact) mass is 252 g/mol. The van der Waals surface area contributed by atoms with Gasteiger partial charge < -0.3 is 0 Å². The zero-order valence-corrected chi connectivity index (χ0v) is 10.2. The second-order valence-corrected chi connectivity index (χ2v) is 4.61. The predicted molar refractivity (Wildman–Crippen MR) is 64.9 cm³/mol. The molecule has 2 aromatic rings. The molecule has 0 aliphatic carbocycles. The van der Waals surface area contributed by atoms with Gasteiger partial charge in [0.25, 0.3) is 5.24 Å². The number of rotatable bonds is 3. The van der Waals surface area contributed by atoms with Gasteiger partial charge >= 0.3 is 0 Å². The van der Waals surface area contributed by atoms with Crippen LogP contribution in [-0.2, 0) is 6.42 Å². The Hall–Kier alpha value is -1.26. The summed E-state index contributed by atoms with van der Waals surface area (Å²) >= 11 is 6.92. The average Bonchev–Trinajstić information content (AvgIpc) is 2.77. The maximum atomic E-state index is 10.9. The summed E-state index contributed by atoms with van der Waals surface area (Å²) in [7, 11) is 0. The summed E-state index contributed by atoms with van der Waals surface area (Å²) in [6.45, 7) is 2.04. The molecule has 0 bridgehead atoms. The van der Waals surface area contributed by atoms with Crippen LogP contribution in [0.5, 0.6) is 0 Å². The van der Waals surface area contributed by atoms with Gasteiger partial charge in [-0.3, -0.25) is 4.79 Å². The third-order valence-corrected chi connectivity index (χ3v) is 3.46. The fourth-order valence-corrected chi connectivity index (χ4v) is 2.17. The molecule has 5 heteroatoms. The summed E-state index contributed by atoms with van der Waals surface area (Å²) in [6, 6.07) is 7.04. The van der Waals surface area contributed by atoms with Crippen LogP contribution in [0.4, 0.5) is 0 Å². The highest BCUT2D eigenvalue weighted by molar-refractivity contribution is 7.14. The number of nitrogens with zero attached hydrogens (tertiary/aromatic N) is 2. The van der Waals surface area contributed by atoms with Gasteiger partial charge in [0.2, 0.25) is 0 Å². The molecule has 0 N–H and O–H groups in total. The molecule has 0 fully saturated rings. The number of hydrogen-bond acceptors (Lipinski definition) is 4. The highest BCUT2D eigenvalue weighted by atomic mass is 35.5. The van der Waals surface area contributed by atoms with E-state index >= 15 is 0 Å². The van der Waals surface area contributed by atoms with E-state index in [9.17, 15) is 4.79 Å². The molecule has 1 heterocycles. The highest BCUT2D eigenvalue weighted by Crippen LogP contribution is 2.24. The van der Waals surface area contributed by atoms with E-state index in [0.29, 0.717) is 5.56 Å². The number of aryl methyl sites for hydroxylation is 1. The van der Waals surface area contributed by atoms with Gasteiger partial charge in [-0.2, -0.15) is 0 Å². The van der Waals surface area contributed by atoms with Crippen molar-refractivity contribution in [2.75, 3.05) is 0 Å². The highest BCUT2D eigenvalue weighted by Gasteiger charge is 2.06. The zero-order valence-electron chi connectivity index (χ0n) is 8.61. The molecule has 0 radical (unpaired) electrons. The van der Waals surface area contributed by atoms with Gasteiger partial charge in [-0.05, 0) is 30.2 Å². The van der Waals surface area contributed by atoms with E-state index in [2.05, 4.69) is 10.2 Å². The Morgan fingerprint density at radius 1 is 1.31 bits per heavy atom. The Kier molecular flexibility index (Phi) is 3.31. The van der Waals surface area contributed by atoms with Crippen molar-refractivity contribution in [3.8, 4) is 10.6 Å². The summed E-state index contributed by atoms with van der Waals surface area (Å²) in [5, 5.41) is 9.55. The first-order chi connectivity index (χ1) is 7.70. The van der Waals surface area contributed by atoms with Crippen molar-refractivity contribution in [1.82, 2.24) is 10.2 Å². The van der Waals surface area contributed by atoms with Crippen molar-refractivity contribution >= 4 is 28.2 Å². The maximum absolute atomic E-state index is 10.9. The molecule has 16 heavy (non-hydrogen) atoms. The summed E-state index contributed by atoms with van der Waals surface area (Å²) in [5.74, 6) is 0. The van der Waals surface area contributed by atoms with Crippen molar-refractivity contribution in [1.29, 1.82) is 0 Å². The van der Waals surface area contributed by atoms with Gasteiger partial charge in [0.15, 0.2) is 0 Å². The normalized spacial score (nSPS) is 10.4. The molecule has 0 unspecified atom stereocenters. The fourth-order valence-electron chi connectivity index (χ4n) is 1.26. The number of carbonyl (C=O) groups excluding carboxylic acids is 1. The standard InChI is InChI=1S/C11H9ClN2OS/c1-2-9-13-14-11(16-9)8-5-3-7(4-6-8)10(12)15/h3-6H,2H2,1H3. The first-order valence-corrected chi connectivity index (χ1v) is 6.03. The second kappa shape index (κ2) is 4.72. The van der Waals surface area contributed by atoms with Crippen LogP contribution in [0.2, 0.25) is 0 Å². The zero-order chi connectivity index (χ0) is 11.5. The van der Waals surface area contributed by atoms with Crippen molar-refractivity contribution in [3.63, 3.8) is 0 Å². The van der Waals surface area contributed by atoms with Crippen LogP contribution in [0.15, 0.2) is 24.3 Å². The van der Waals surface area contributed by atoms with Gasteiger partial charge in [0.1, 0.15) is 10.0 Å². The lowest BCUT2D eigenvalue weighted by Crippen LogP contribution is -1.87. The molecule has 0 spiro atoms. The van der Waals surface area contributed by atoms with Crippen LogP contribution in [0.1, 0.15) is 22.3 Å². The van der Waals surface area contributed by atoms with Gasteiger partial charge in [-0.1, -0.05) is 30.4 Å². The molecule has 1 aromatic heterocycles. The molecular formula is C11H9ClN2OS. The summed E-state index contributed by atoms with van der Waals surface area (Å²) in [6.07, 6.45) is 0.885. The van der Waals surface area contributed by atoms with E-state index < -0.39 is 5.24 Å². The summed E-state index contributed by atoms with van der Waals surface area (Å²) in [4.78, 5) is 10.9. The van der Waals surface area contributed by atoms with E-state index in [1.165, 1.54) is 0 Å². The smallest absolute Gasteiger partial charge is 0.252 e. The molecule has 0 aliphatic heterocycles. The van der Waals surface area contributed by atoms with E-state index in [4.69, 9.17) is 11.6 Å². The van der Waals surface area contributed by atoms with Gasteiger partial charge in [-0.15, -0.1) is 10.2 Å². The van der Waals surface area contributed by atoms with E-state index in [0.717, 1.165) is 22.0 Å². The molecule has 0 atom stereocenters. The van der Waals surface area contributed by atoms with Crippen LogP contribution >= 0.6 is 22.9 Å². The lowest BCUT2D eigenvalue weighted by Gasteiger charge is -1.96. The summed E-state index contributed by atoms with van der Waals surface area (Å²) in [5.41, 5.74) is 1.45. The number of hydrogen-bond donors (Lipinski definition) is 0. The molecule has 0 aliphatic rings. The third-order valence-electron chi connectivity index (χ3n) is 2.13. The molecule has 2 rings (SSSR count). The van der Waals surface area contributed by atoms with E-state index in [1.54, 1.807) is 23.5 Å². The Bertz CT molecular complexity index is 507. The Morgan fingerprint density at radius 3 is 2.50 bits per heavy atom.